The number of thiazole rings is 1. The highest BCUT2D eigenvalue weighted by Gasteiger charge is 2.36. The van der Waals surface area contributed by atoms with Crippen LogP contribution >= 0.6 is 23.1 Å². The molecule has 0 unspecified atom stereocenters. The molecular formula is C16H18N2O4S2. The second-order valence-corrected chi connectivity index (χ2v) is 8.00. The number of nitrogens with zero attached hydrogens (tertiary/aromatic N) is 1. The van der Waals surface area contributed by atoms with Gasteiger partial charge in [0.2, 0.25) is 5.91 Å². The van der Waals surface area contributed by atoms with Crippen LogP contribution in [0.25, 0.3) is 10.2 Å². The molecule has 1 fully saturated rings. The van der Waals surface area contributed by atoms with Crippen molar-refractivity contribution in [3.8, 4) is 0 Å². The molecule has 128 valence electrons. The topological polar surface area (TPSA) is 88.5 Å². The Bertz CT molecular complexity index is 708. The minimum Gasteiger partial charge on any atom is -0.481 e. The largest absolute Gasteiger partial charge is 0.481 e. The van der Waals surface area contributed by atoms with Crippen LogP contribution in [0.2, 0.25) is 0 Å². The summed E-state index contributed by atoms with van der Waals surface area (Å²) in [6.45, 7) is 0.942. The van der Waals surface area contributed by atoms with Crippen LogP contribution in [-0.2, 0) is 14.3 Å². The zero-order chi connectivity index (χ0) is 17.0. The van der Waals surface area contributed by atoms with Crippen molar-refractivity contribution in [2.24, 2.45) is 0 Å². The lowest BCUT2D eigenvalue weighted by Crippen LogP contribution is -2.53. The smallest absolute Gasteiger partial charge is 0.305 e. The Morgan fingerprint density at radius 2 is 2.08 bits per heavy atom. The number of hydrogen-bond acceptors (Lipinski definition) is 6. The summed E-state index contributed by atoms with van der Waals surface area (Å²) in [6, 6.07) is 7.84. The van der Waals surface area contributed by atoms with Crippen molar-refractivity contribution in [2.45, 2.75) is 29.1 Å². The van der Waals surface area contributed by atoms with E-state index in [2.05, 4.69) is 10.3 Å². The van der Waals surface area contributed by atoms with E-state index in [9.17, 15) is 9.59 Å². The molecule has 2 N–H and O–H groups in total. The second kappa shape index (κ2) is 7.50. The van der Waals surface area contributed by atoms with Crippen LogP contribution < -0.4 is 5.32 Å². The van der Waals surface area contributed by atoms with Crippen molar-refractivity contribution in [1.29, 1.82) is 0 Å². The predicted octanol–water partition coefficient (Wildman–Crippen LogP) is 2.53. The first-order valence-electron chi connectivity index (χ1n) is 7.65. The molecule has 1 amide bonds. The van der Waals surface area contributed by atoms with Crippen LogP contribution in [0.1, 0.15) is 19.3 Å². The lowest BCUT2D eigenvalue weighted by molar-refractivity contribution is -0.140. The fourth-order valence-electron chi connectivity index (χ4n) is 2.77. The average Bonchev–Trinajstić information content (AvgIpc) is 2.96. The zero-order valence-corrected chi connectivity index (χ0v) is 14.6. The molecule has 0 bridgehead atoms. The maximum atomic E-state index is 12.3. The highest BCUT2D eigenvalue weighted by molar-refractivity contribution is 8.01. The van der Waals surface area contributed by atoms with Gasteiger partial charge in [-0.2, -0.15) is 0 Å². The van der Waals surface area contributed by atoms with Crippen molar-refractivity contribution >= 4 is 45.2 Å². The van der Waals surface area contributed by atoms with Crippen LogP contribution in [0.4, 0.5) is 0 Å². The standard InChI is InChI=1S/C16H18N2O4S2/c19-13(18-16(9-14(20)21)5-7-22-8-6-16)10-23-15-17-11-3-1-2-4-12(11)24-15/h1-4H,5-10H2,(H,18,19)(H,20,21). The van der Waals surface area contributed by atoms with Crippen LogP contribution in [0.15, 0.2) is 28.6 Å². The number of fused-ring (bicyclic) bond motifs is 1. The number of para-hydroxylation sites is 1. The van der Waals surface area contributed by atoms with Crippen molar-refractivity contribution in [1.82, 2.24) is 10.3 Å². The summed E-state index contributed by atoms with van der Waals surface area (Å²) in [6.07, 6.45) is 0.974. The number of carbonyl (C=O) groups excluding carboxylic acids is 1. The monoisotopic (exact) mass is 366 g/mol. The summed E-state index contributed by atoms with van der Waals surface area (Å²) in [4.78, 5) is 27.9. The maximum Gasteiger partial charge on any atom is 0.305 e. The van der Waals surface area contributed by atoms with Gasteiger partial charge in [-0.25, -0.2) is 4.98 Å². The van der Waals surface area contributed by atoms with E-state index in [-0.39, 0.29) is 18.1 Å². The molecule has 3 rings (SSSR count). The fourth-order valence-corrected chi connectivity index (χ4v) is 4.64. The SMILES string of the molecule is O=C(O)CC1(NC(=O)CSc2nc3ccccc3s2)CCOCC1. The fraction of sp³-hybridized carbons (Fsp3) is 0.438. The molecule has 1 aliphatic rings. The molecule has 1 saturated heterocycles. The number of benzene rings is 1. The molecular weight excluding hydrogens is 348 g/mol. The van der Waals surface area contributed by atoms with E-state index in [1.165, 1.54) is 11.8 Å². The van der Waals surface area contributed by atoms with E-state index in [0.717, 1.165) is 14.6 Å². The Kier molecular flexibility index (Phi) is 5.37. The van der Waals surface area contributed by atoms with Gasteiger partial charge >= 0.3 is 5.97 Å². The van der Waals surface area contributed by atoms with Crippen LogP contribution in [0.3, 0.4) is 0 Å². The van der Waals surface area contributed by atoms with Crippen molar-refractivity contribution in [2.75, 3.05) is 19.0 Å². The minimum atomic E-state index is -0.906. The van der Waals surface area contributed by atoms with Gasteiger partial charge in [-0.15, -0.1) is 11.3 Å². The van der Waals surface area contributed by atoms with E-state index in [4.69, 9.17) is 9.84 Å². The second-order valence-electron chi connectivity index (χ2n) is 5.75. The van der Waals surface area contributed by atoms with Crippen LogP contribution in [0.5, 0.6) is 0 Å². The molecule has 0 spiro atoms. The Labute approximate surface area is 147 Å². The van der Waals surface area contributed by atoms with E-state index in [1.807, 2.05) is 24.3 Å². The molecule has 8 heteroatoms. The number of carbonyl (C=O) groups is 2. The number of rotatable bonds is 6. The maximum absolute atomic E-state index is 12.3. The first-order chi connectivity index (χ1) is 11.6. The number of thioether (sulfide) groups is 1. The van der Waals surface area contributed by atoms with E-state index < -0.39 is 11.5 Å². The Morgan fingerprint density at radius 3 is 2.79 bits per heavy atom. The van der Waals surface area contributed by atoms with Crippen molar-refractivity contribution < 1.29 is 19.4 Å². The molecule has 1 aromatic carbocycles. The zero-order valence-electron chi connectivity index (χ0n) is 13.0. The summed E-state index contributed by atoms with van der Waals surface area (Å²) >= 11 is 2.93. The first kappa shape index (κ1) is 17.2. The number of carboxylic acids is 1. The molecule has 2 aromatic rings. The minimum absolute atomic E-state index is 0.0755. The normalized spacial score (nSPS) is 16.8. The van der Waals surface area contributed by atoms with Gasteiger partial charge < -0.3 is 15.2 Å². The first-order valence-corrected chi connectivity index (χ1v) is 9.45. The highest BCUT2D eigenvalue weighted by Crippen LogP contribution is 2.30. The van der Waals surface area contributed by atoms with Gasteiger partial charge in [-0.3, -0.25) is 9.59 Å². The average molecular weight is 366 g/mol. The van der Waals surface area contributed by atoms with E-state index in [1.54, 1.807) is 11.3 Å². The predicted molar refractivity (Wildman–Crippen MR) is 93.5 cm³/mol. The van der Waals surface area contributed by atoms with Crippen molar-refractivity contribution in [3.05, 3.63) is 24.3 Å². The molecule has 6 nitrogen and oxygen atoms in total. The number of carboxylic acid groups (broad SMARTS) is 1. The van der Waals surface area contributed by atoms with Crippen molar-refractivity contribution in [3.63, 3.8) is 0 Å². The quantitative estimate of drug-likeness (QED) is 0.764. The highest BCUT2D eigenvalue weighted by atomic mass is 32.2. The van der Waals surface area contributed by atoms with Gasteiger partial charge in [0.1, 0.15) is 0 Å². The van der Waals surface area contributed by atoms with E-state index in [0.29, 0.717) is 26.1 Å². The summed E-state index contributed by atoms with van der Waals surface area (Å²) in [5.41, 5.74) is 0.229. The summed E-state index contributed by atoms with van der Waals surface area (Å²) in [7, 11) is 0. The molecule has 2 heterocycles. The van der Waals surface area contributed by atoms with Gasteiger partial charge in [0, 0.05) is 13.2 Å². The molecule has 0 radical (unpaired) electrons. The molecule has 1 aromatic heterocycles. The van der Waals surface area contributed by atoms with Gasteiger partial charge in [0.25, 0.3) is 0 Å². The Hall–Kier alpha value is -1.64. The van der Waals surface area contributed by atoms with Gasteiger partial charge in [0.05, 0.1) is 27.9 Å². The third-order valence-corrected chi connectivity index (χ3v) is 6.12. The van der Waals surface area contributed by atoms with Crippen LogP contribution in [0, 0.1) is 0 Å². The summed E-state index contributed by atoms with van der Waals surface area (Å²) in [5.74, 6) is -0.847. The molecule has 0 atom stereocenters. The number of aliphatic carboxylic acids is 1. The Balaban J connectivity index is 1.60. The molecule has 0 saturated carbocycles. The van der Waals surface area contributed by atoms with Gasteiger partial charge in [-0.1, -0.05) is 23.9 Å². The summed E-state index contributed by atoms with van der Waals surface area (Å²) in [5, 5.41) is 12.1. The lowest BCUT2D eigenvalue weighted by atomic mass is 9.86. The van der Waals surface area contributed by atoms with Gasteiger partial charge in [0.15, 0.2) is 4.34 Å². The van der Waals surface area contributed by atoms with E-state index >= 15 is 0 Å². The third kappa shape index (κ3) is 4.25. The molecule has 24 heavy (non-hydrogen) atoms. The lowest BCUT2D eigenvalue weighted by Gasteiger charge is -2.36. The number of ether oxygens (including phenoxy) is 1. The number of nitrogens with one attached hydrogen (secondary N) is 1. The third-order valence-electron chi connectivity index (χ3n) is 3.95. The molecule has 1 aliphatic heterocycles. The number of aromatic nitrogens is 1. The Morgan fingerprint density at radius 1 is 1.33 bits per heavy atom. The van der Waals surface area contributed by atoms with Crippen LogP contribution in [-0.4, -0.2) is 46.5 Å². The van der Waals surface area contributed by atoms with Gasteiger partial charge in [-0.05, 0) is 25.0 Å². The molecule has 0 aliphatic carbocycles. The number of amides is 1. The summed E-state index contributed by atoms with van der Waals surface area (Å²) < 4.78 is 7.22. The number of hydrogen-bond donors (Lipinski definition) is 2.